The lowest BCUT2D eigenvalue weighted by Gasteiger charge is -2.19. The summed E-state index contributed by atoms with van der Waals surface area (Å²) in [6.45, 7) is 0.0810. The van der Waals surface area contributed by atoms with Gasteiger partial charge in [0, 0.05) is 23.8 Å². The average molecular weight is 294 g/mol. The first kappa shape index (κ1) is 14.3. The highest BCUT2D eigenvalue weighted by Gasteiger charge is 2.14. The average Bonchev–Trinajstić information content (AvgIpc) is 2.44. The molecule has 2 amide bonds. The van der Waals surface area contributed by atoms with Crippen LogP contribution in [0.1, 0.15) is 5.56 Å². The summed E-state index contributed by atoms with van der Waals surface area (Å²) in [5.74, 6) is -0.432. The number of halogens is 2. The SMILES string of the molecule is CN(Cc1c(F)cccc1Cl)C(=O)Nc1cccnc1. The summed E-state index contributed by atoms with van der Waals surface area (Å²) in [7, 11) is 1.56. The molecule has 0 saturated heterocycles. The number of rotatable bonds is 3. The molecule has 1 aromatic carbocycles. The van der Waals surface area contributed by atoms with Gasteiger partial charge in [0.25, 0.3) is 0 Å². The number of urea groups is 1. The summed E-state index contributed by atoms with van der Waals surface area (Å²) in [4.78, 5) is 17.2. The Morgan fingerprint density at radius 2 is 2.20 bits per heavy atom. The second-order valence-corrected chi connectivity index (χ2v) is 4.64. The predicted molar refractivity (Wildman–Crippen MR) is 76.1 cm³/mol. The van der Waals surface area contributed by atoms with E-state index in [4.69, 9.17) is 11.6 Å². The molecule has 0 aliphatic rings. The van der Waals surface area contributed by atoms with Crippen LogP contribution in [-0.2, 0) is 6.54 Å². The fourth-order valence-electron chi connectivity index (χ4n) is 1.65. The molecule has 0 spiro atoms. The van der Waals surface area contributed by atoms with Crippen molar-refractivity contribution in [3.05, 3.63) is 59.1 Å². The zero-order chi connectivity index (χ0) is 14.5. The van der Waals surface area contributed by atoms with Crippen molar-refractivity contribution >= 4 is 23.3 Å². The number of carbonyl (C=O) groups is 1. The molecule has 104 valence electrons. The Morgan fingerprint density at radius 1 is 1.40 bits per heavy atom. The smallest absolute Gasteiger partial charge is 0.321 e. The Hall–Kier alpha value is -2.14. The monoisotopic (exact) mass is 293 g/mol. The van der Waals surface area contributed by atoms with Gasteiger partial charge >= 0.3 is 6.03 Å². The molecule has 0 aliphatic carbocycles. The van der Waals surface area contributed by atoms with Crippen LogP contribution in [0.5, 0.6) is 0 Å². The molecule has 1 heterocycles. The zero-order valence-corrected chi connectivity index (χ0v) is 11.6. The van der Waals surface area contributed by atoms with Gasteiger partial charge in [-0.25, -0.2) is 9.18 Å². The van der Waals surface area contributed by atoms with E-state index in [9.17, 15) is 9.18 Å². The molecule has 2 rings (SSSR count). The van der Waals surface area contributed by atoms with Crippen LogP contribution in [0, 0.1) is 5.82 Å². The molecule has 1 aromatic heterocycles. The number of hydrogen-bond donors (Lipinski definition) is 1. The first-order chi connectivity index (χ1) is 9.58. The van der Waals surface area contributed by atoms with Gasteiger partial charge in [-0.1, -0.05) is 17.7 Å². The second kappa shape index (κ2) is 6.34. The lowest BCUT2D eigenvalue weighted by atomic mass is 10.2. The van der Waals surface area contributed by atoms with E-state index in [2.05, 4.69) is 10.3 Å². The molecule has 0 aliphatic heterocycles. The molecule has 6 heteroatoms. The summed E-state index contributed by atoms with van der Waals surface area (Å²) >= 11 is 5.93. The highest BCUT2D eigenvalue weighted by Crippen LogP contribution is 2.20. The molecule has 0 fully saturated rings. The lowest BCUT2D eigenvalue weighted by molar-refractivity contribution is 0.220. The van der Waals surface area contributed by atoms with Gasteiger partial charge in [0.15, 0.2) is 0 Å². The highest BCUT2D eigenvalue weighted by molar-refractivity contribution is 6.31. The van der Waals surface area contributed by atoms with Gasteiger partial charge in [-0.2, -0.15) is 0 Å². The van der Waals surface area contributed by atoms with Crippen LogP contribution >= 0.6 is 11.6 Å². The largest absolute Gasteiger partial charge is 0.323 e. The molecule has 2 aromatic rings. The van der Waals surface area contributed by atoms with Crippen molar-refractivity contribution < 1.29 is 9.18 Å². The quantitative estimate of drug-likeness (QED) is 0.941. The Balaban J connectivity index is 2.05. The standard InChI is InChI=1S/C14H13ClFN3O/c1-19(9-11-12(15)5-2-6-13(11)16)14(20)18-10-4-3-7-17-8-10/h2-8H,9H2,1H3,(H,18,20). The third kappa shape index (κ3) is 3.45. The normalized spacial score (nSPS) is 10.2. The summed E-state index contributed by atoms with van der Waals surface area (Å²) < 4.78 is 13.6. The van der Waals surface area contributed by atoms with Crippen LogP contribution in [0.15, 0.2) is 42.7 Å². The first-order valence-corrected chi connectivity index (χ1v) is 6.31. The van der Waals surface area contributed by atoms with Gasteiger partial charge in [0.1, 0.15) is 5.82 Å². The van der Waals surface area contributed by atoms with Crippen LogP contribution in [0.25, 0.3) is 0 Å². The number of amides is 2. The third-order valence-electron chi connectivity index (χ3n) is 2.72. The molecule has 0 unspecified atom stereocenters. The molecule has 0 bridgehead atoms. The Labute approximate surface area is 121 Å². The maximum Gasteiger partial charge on any atom is 0.321 e. The van der Waals surface area contributed by atoms with Gasteiger partial charge in [0.05, 0.1) is 18.4 Å². The summed E-state index contributed by atoms with van der Waals surface area (Å²) in [5.41, 5.74) is 0.863. The van der Waals surface area contributed by atoms with Gasteiger partial charge in [-0.3, -0.25) is 4.98 Å². The van der Waals surface area contributed by atoms with E-state index in [1.807, 2.05) is 0 Å². The van der Waals surface area contributed by atoms with E-state index < -0.39 is 5.82 Å². The summed E-state index contributed by atoms with van der Waals surface area (Å²) in [6.07, 6.45) is 3.14. The molecule has 0 radical (unpaired) electrons. The molecule has 20 heavy (non-hydrogen) atoms. The molecule has 0 saturated carbocycles. The third-order valence-corrected chi connectivity index (χ3v) is 3.07. The van der Waals surface area contributed by atoms with Crippen LogP contribution in [0.2, 0.25) is 5.02 Å². The van der Waals surface area contributed by atoms with Crippen LogP contribution in [0.3, 0.4) is 0 Å². The number of pyridine rings is 1. The fourth-order valence-corrected chi connectivity index (χ4v) is 1.87. The van der Waals surface area contributed by atoms with Crippen molar-refractivity contribution in [2.24, 2.45) is 0 Å². The van der Waals surface area contributed by atoms with E-state index in [0.717, 1.165) is 0 Å². The van der Waals surface area contributed by atoms with Crippen molar-refractivity contribution in [1.82, 2.24) is 9.88 Å². The van der Waals surface area contributed by atoms with Crippen molar-refractivity contribution in [2.45, 2.75) is 6.54 Å². The second-order valence-electron chi connectivity index (χ2n) is 4.23. The van der Waals surface area contributed by atoms with Crippen molar-refractivity contribution in [2.75, 3.05) is 12.4 Å². The maximum atomic E-state index is 13.6. The van der Waals surface area contributed by atoms with Crippen LogP contribution < -0.4 is 5.32 Å². The van der Waals surface area contributed by atoms with E-state index in [1.54, 1.807) is 31.4 Å². The van der Waals surface area contributed by atoms with E-state index in [1.165, 1.54) is 23.2 Å². The van der Waals surface area contributed by atoms with Gasteiger partial charge < -0.3 is 10.2 Å². The maximum absolute atomic E-state index is 13.6. The molecule has 1 N–H and O–H groups in total. The Kier molecular flexibility index (Phi) is 4.53. The zero-order valence-electron chi connectivity index (χ0n) is 10.8. The lowest BCUT2D eigenvalue weighted by Crippen LogP contribution is -2.31. The number of nitrogens with zero attached hydrogens (tertiary/aromatic N) is 2. The van der Waals surface area contributed by atoms with Crippen molar-refractivity contribution in [3.63, 3.8) is 0 Å². The van der Waals surface area contributed by atoms with Gasteiger partial charge in [0.2, 0.25) is 0 Å². The highest BCUT2D eigenvalue weighted by atomic mass is 35.5. The number of aromatic nitrogens is 1. The minimum Gasteiger partial charge on any atom is -0.323 e. The van der Waals surface area contributed by atoms with Gasteiger partial charge in [-0.05, 0) is 24.3 Å². The minimum absolute atomic E-state index is 0.0810. The molecular formula is C14H13ClFN3O. The minimum atomic E-state index is -0.432. The number of nitrogens with one attached hydrogen (secondary N) is 1. The number of benzene rings is 1. The molecule has 0 atom stereocenters. The fraction of sp³-hybridized carbons (Fsp3) is 0.143. The molecular weight excluding hydrogens is 281 g/mol. The number of carbonyl (C=O) groups excluding carboxylic acids is 1. The number of anilines is 1. The number of hydrogen-bond acceptors (Lipinski definition) is 2. The van der Waals surface area contributed by atoms with Crippen molar-refractivity contribution in [3.8, 4) is 0 Å². The van der Waals surface area contributed by atoms with E-state index in [-0.39, 0.29) is 18.1 Å². The van der Waals surface area contributed by atoms with Gasteiger partial charge in [-0.15, -0.1) is 0 Å². The summed E-state index contributed by atoms with van der Waals surface area (Å²) in [6, 6.07) is 7.49. The summed E-state index contributed by atoms with van der Waals surface area (Å²) in [5, 5.41) is 2.96. The van der Waals surface area contributed by atoms with Crippen molar-refractivity contribution in [1.29, 1.82) is 0 Å². The Morgan fingerprint density at radius 3 is 2.85 bits per heavy atom. The Bertz CT molecular complexity index is 586. The van der Waals surface area contributed by atoms with E-state index in [0.29, 0.717) is 10.7 Å². The van der Waals surface area contributed by atoms with Crippen LogP contribution in [-0.4, -0.2) is 23.0 Å². The van der Waals surface area contributed by atoms with E-state index >= 15 is 0 Å². The van der Waals surface area contributed by atoms with Crippen LogP contribution in [0.4, 0.5) is 14.9 Å². The first-order valence-electron chi connectivity index (χ1n) is 5.93. The predicted octanol–water partition coefficient (Wildman–Crippen LogP) is 3.54. The molecule has 4 nitrogen and oxygen atoms in total. The topological polar surface area (TPSA) is 45.2 Å².